The van der Waals surface area contributed by atoms with E-state index in [0.717, 1.165) is 56.1 Å². The maximum absolute atomic E-state index is 6.83. The molecule has 0 spiro atoms. The minimum absolute atomic E-state index is 0.118. The molecule has 18 aromatic carbocycles. The summed E-state index contributed by atoms with van der Waals surface area (Å²) in [6.45, 7) is 9.45. The molecule has 4 aliphatic carbocycles. The molecular weight excluding hydrogens is 1470 g/mol. The van der Waals surface area contributed by atoms with Crippen LogP contribution in [0.15, 0.2) is 429 Å². The molecule has 2 aromatic heterocycles. The van der Waals surface area contributed by atoms with Crippen LogP contribution in [0.3, 0.4) is 0 Å². The van der Waals surface area contributed by atoms with Gasteiger partial charge in [-0.25, -0.2) is 0 Å². The highest BCUT2D eigenvalue weighted by atomic mass is 32.1. The van der Waals surface area contributed by atoms with Gasteiger partial charge in [-0.2, -0.15) is 0 Å². The van der Waals surface area contributed by atoms with Crippen molar-refractivity contribution >= 4 is 87.6 Å². The predicted molar refractivity (Wildman–Crippen MR) is 503 cm³/mol. The van der Waals surface area contributed by atoms with Crippen LogP contribution in [0.2, 0.25) is 0 Å². The van der Waals surface area contributed by atoms with Gasteiger partial charge in [0.05, 0.1) is 10.8 Å². The smallest absolute Gasteiger partial charge is 0.135 e. The van der Waals surface area contributed by atoms with Crippen LogP contribution in [-0.2, 0) is 21.7 Å². The van der Waals surface area contributed by atoms with Crippen LogP contribution < -0.4 is 9.80 Å². The number of hydrogen-bond donors (Lipinski definition) is 0. The Morgan fingerprint density at radius 2 is 0.525 bits per heavy atom. The summed E-state index contributed by atoms with van der Waals surface area (Å²) >= 11 is 1.89. The summed E-state index contributed by atoms with van der Waals surface area (Å²) in [4.78, 5) is 4.88. The summed E-state index contributed by atoms with van der Waals surface area (Å²) in [6, 6.07) is 157. The van der Waals surface area contributed by atoms with Gasteiger partial charge in [-0.05, 0) is 231 Å². The Labute approximate surface area is 704 Å². The van der Waals surface area contributed by atoms with E-state index in [1.807, 2.05) is 11.3 Å². The van der Waals surface area contributed by atoms with Gasteiger partial charge < -0.3 is 14.2 Å². The van der Waals surface area contributed by atoms with Crippen LogP contribution in [0.25, 0.3) is 109 Å². The van der Waals surface area contributed by atoms with Crippen LogP contribution in [0.5, 0.6) is 0 Å². The number of furan rings is 1. The molecule has 0 aliphatic heterocycles. The average molecular weight is 1550 g/mol. The Morgan fingerprint density at radius 1 is 0.208 bits per heavy atom. The molecule has 0 radical (unpaired) electrons. The van der Waals surface area contributed by atoms with Crippen molar-refractivity contribution in [2.75, 3.05) is 9.80 Å². The number of benzene rings is 18. The van der Waals surface area contributed by atoms with Crippen LogP contribution in [0, 0.1) is 0 Å². The zero-order chi connectivity index (χ0) is 80.0. The number of thiophene rings is 1. The Morgan fingerprint density at radius 3 is 0.967 bits per heavy atom. The number of hydrogen-bond acceptors (Lipinski definition) is 4. The molecule has 0 saturated heterocycles. The van der Waals surface area contributed by atoms with Crippen molar-refractivity contribution in [3.63, 3.8) is 0 Å². The summed E-state index contributed by atoms with van der Waals surface area (Å²) < 4.78 is 9.41. The molecule has 0 unspecified atom stereocenters. The topological polar surface area (TPSA) is 19.6 Å². The first kappa shape index (κ1) is 70.9. The quantitative estimate of drug-likeness (QED) is 0.122. The van der Waals surface area contributed by atoms with E-state index in [-0.39, 0.29) is 10.8 Å². The normalized spacial score (nSPS) is 14.1. The highest BCUT2D eigenvalue weighted by molar-refractivity contribution is 7.25. The zero-order valence-electron chi connectivity index (χ0n) is 67.1. The molecule has 4 heteroatoms. The van der Waals surface area contributed by atoms with E-state index in [2.05, 4.69) is 462 Å². The summed E-state index contributed by atoms with van der Waals surface area (Å²) in [5, 5.41) is 4.82. The maximum atomic E-state index is 6.83. The van der Waals surface area contributed by atoms with Crippen LogP contribution in [0.4, 0.5) is 34.1 Å². The van der Waals surface area contributed by atoms with E-state index in [0.29, 0.717) is 0 Å². The molecule has 0 saturated carbocycles. The van der Waals surface area contributed by atoms with Gasteiger partial charge >= 0.3 is 0 Å². The summed E-state index contributed by atoms with van der Waals surface area (Å²) in [6.07, 6.45) is 0. The Bertz CT molecular complexity index is 6920. The van der Waals surface area contributed by atoms with Gasteiger partial charge in [0.15, 0.2) is 0 Å². The van der Waals surface area contributed by atoms with E-state index < -0.39 is 10.8 Å². The van der Waals surface area contributed by atoms with E-state index in [9.17, 15) is 0 Å². The fourth-order valence-corrected chi connectivity index (χ4v) is 22.4. The number of nitrogens with zero attached hydrogens (tertiary/aromatic N) is 2. The first-order valence-electron chi connectivity index (χ1n) is 41.8. The Kier molecular flexibility index (Phi) is 16.3. The van der Waals surface area contributed by atoms with Crippen LogP contribution >= 0.6 is 11.3 Å². The van der Waals surface area contributed by atoms with Crippen molar-refractivity contribution in [3.8, 4) is 66.8 Å². The van der Waals surface area contributed by atoms with E-state index >= 15 is 0 Å². The highest BCUT2D eigenvalue weighted by Gasteiger charge is 2.49. The predicted octanol–water partition coefficient (Wildman–Crippen LogP) is 31.3. The molecule has 24 rings (SSSR count). The zero-order valence-corrected chi connectivity index (χ0v) is 67.9. The molecular formula is C116H82N2OS. The van der Waals surface area contributed by atoms with Crippen molar-refractivity contribution in [2.24, 2.45) is 0 Å². The summed E-state index contributed by atoms with van der Waals surface area (Å²) in [5.74, 6) is 0. The largest absolute Gasteiger partial charge is 0.456 e. The molecule has 4 aliphatic rings. The van der Waals surface area contributed by atoms with Gasteiger partial charge in [-0.1, -0.05) is 355 Å². The van der Waals surface area contributed by atoms with Gasteiger partial charge in [0.25, 0.3) is 0 Å². The molecule has 0 amide bonds. The van der Waals surface area contributed by atoms with E-state index in [1.54, 1.807) is 0 Å². The molecule has 0 fully saturated rings. The summed E-state index contributed by atoms with van der Waals surface area (Å²) in [5.41, 5.74) is 38.2. The lowest BCUT2D eigenvalue weighted by atomic mass is 9.66. The summed E-state index contributed by atoms with van der Waals surface area (Å²) in [7, 11) is 0. The van der Waals surface area contributed by atoms with Gasteiger partial charge in [0, 0.05) is 75.9 Å². The molecule has 0 bridgehead atoms. The molecule has 2 heterocycles. The van der Waals surface area contributed by atoms with Gasteiger partial charge in [0.1, 0.15) is 11.2 Å². The SMILES string of the molecule is CC1(C)c2ccccc2-c2ccc(N(c3ccc(-c4ccccc4)cc3)c3ccc4oc5cccc(C6(c7ccccc7)c7ccccc7-c7ccccc76)c5c4c3)cc21.CC1(C)c2ccccc2-c2ccc(N(c3ccc(-c4ccccc4)cc3)c3ccc4sc5cccc(C6(c7ccccc7)c7ccccc7-c7ccccc76)c5c4c3)cc21. The maximum Gasteiger partial charge on any atom is 0.135 e. The third-order valence-corrected chi connectivity index (χ3v) is 27.9. The molecule has 20 aromatic rings. The number of fused-ring (bicyclic) bond motifs is 18. The molecule has 120 heavy (non-hydrogen) atoms. The second-order valence-corrected chi connectivity index (χ2v) is 34.7. The monoisotopic (exact) mass is 1550 g/mol. The standard InChI is InChI=1S/C58H41NO.C58H41NS/c2*1-57(2)49-23-12-9-20-44(49)47-34-32-43(37-53(47)57)59(41-30-28-39(29-31-41)38-16-5-3-6-17-38)42-33-35-54-48(36-42)56-52(26-15-27-55(56)60-54)58(40-18-7-4-8-19-40)50-24-13-10-21-45(50)46-22-11-14-25-51(46)58/h2*3-37H,1-2H3. The second-order valence-electron chi connectivity index (χ2n) is 33.6. The van der Waals surface area contributed by atoms with Gasteiger partial charge in [0.2, 0.25) is 0 Å². The van der Waals surface area contributed by atoms with Crippen molar-refractivity contribution < 1.29 is 4.42 Å². The van der Waals surface area contributed by atoms with Gasteiger partial charge in [-0.3, -0.25) is 0 Å². The molecule has 0 N–H and O–H groups in total. The minimum atomic E-state index is -0.561. The lowest BCUT2D eigenvalue weighted by Crippen LogP contribution is -2.28. The lowest BCUT2D eigenvalue weighted by molar-refractivity contribution is 0.660. The third-order valence-electron chi connectivity index (χ3n) is 26.7. The average Bonchev–Trinajstić information content (AvgIpc) is 1.52. The van der Waals surface area contributed by atoms with Crippen LogP contribution in [-0.4, -0.2) is 0 Å². The first-order valence-corrected chi connectivity index (χ1v) is 42.7. The molecule has 0 atom stereocenters. The minimum Gasteiger partial charge on any atom is -0.456 e. The van der Waals surface area contributed by atoms with Crippen LogP contribution in [0.1, 0.15) is 94.5 Å². The van der Waals surface area contributed by atoms with Crippen molar-refractivity contribution in [3.05, 3.63) is 491 Å². The van der Waals surface area contributed by atoms with E-state index in [1.165, 1.54) is 154 Å². The molecule has 3 nitrogen and oxygen atoms in total. The van der Waals surface area contributed by atoms with Crippen molar-refractivity contribution in [1.82, 2.24) is 0 Å². The Balaban J connectivity index is 0.000000140. The third kappa shape index (κ3) is 10.7. The number of rotatable bonds is 12. The lowest BCUT2D eigenvalue weighted by Gasteiger charge is -2.34. The highest BCUT2D eigenvalue weighted by Crippen LogP contribution is 2.62. The first-order chi connectivity index (χ1) is 59.0. The second kappa shape index (κ2) is 27.6. The van der Waals surface area contributed by atoms with Crippen molar-refractivity contribution in [1.29, 1.82) is 0 Å². The van der Waals surface area contributed by atoms with Gasteiger partial charge in [-0.15, -0.1) is 11.3 Å². The fraction of sp³-hybridized carbons (Fsp3) is 0.0690. The molecule has 568 valence electrons. The fourth-order valence-electron chi connectivity index (χ4n) is 21.3. The Hall–Kier alpha value is -14.4. The van der Waals surface area contributed by atoms with E-state index in [4.69, 9.17) is 4.42 Å². The number of anilines is 6. The van der Waals surface area contributed by atoms with Crippen molar-refractivity contribution in [2.45, 2.75) is 49.4 Å².